The lowest BCUT2D eigenvalue weighted by atomic mass is 9.97. The molecule has 122 valence electrons. The highest BCUT2D eigenvalue weighted by molar-refractivity contribution is 5.85. The first kappa shape index (κ1) is 18.0. The molecule has 22 heavy (non-hydrogen) atoms. The molecule has 0 spiro atoms. The predicted molar refractivity (Wildman–Crippen MR) is 74.6 cm³/mol. The minimum Gasteiger partial charge on any atom is -0.480 e. The van der Waals surface area contributed by atoms with E-state index in [0.717, 1.165) is 16.7 Å². The Kier molecular flexibility index (Phi) is 5.57. The molecule has 0 saturated carbocycles. The summed E-state index contributed by atoms with van der Waals surface area (Å²) in [5.74, 6) is -2.45. The lowest BCUT2D eigenvalue weighted by Gasteiger charge is -2.17. The van der Waals surface area contributed by atoms with Gasteiger partial charge in [-0.2, -0.15) is 13.2 Å². The average molecular weight is 317 g/mol. The standard InChI is InChI=1S/C15H18F3NO3/c1-8-4-9(2)11(10(3)5-8)6-13(20)19-12(14(21)22)7-15(16,17)18/h4-5,12H,6-7H2,1-3H3,(H,19,20)(H,21,22). The second-order valence-electron chi connectivity index (χ2n) is 5.33. The zero-order valence-corrected chi connectivity index (χ0v) is 12.5. The number of hydrogen-bond acceptors (Lipinski definition) is 2. The minimum atomic E-state index is -4.66. The number of alkyl halides is 3. The van der Waals surface area contributed by atoms with Gasteiger partial charge in [0.1, 0.15) is 6.04 Å². The van der Waals surface area contributed by atoms with Crippen LogP contribution in [0.15, 0.2) is 12.1 Å². The molecule has 7 heteroatoms. The van der Waals surface area contributed by atoms with Gasteiger partial charge in [-0.3, -0.25) is 4.79 Å². The molecule has 1 rings (SSSR count). The molecular formula is C15H18F3NO3. The van der Waals surface area contributed by atoms with Crippen LogP contribution in [-0.4, -0.2) is 29.2 Å². The SMILES string of the molecule is Cc1cc(C)c(CC(=O)NC(CC(F)(F)F)C(=O)O)c(C)c1. The van der Waals surface area contributed by atoms with Gasteiger partial charge in [0.2, 0.25) is 5.91 Å². The van der Waals surface area contributed by atoms with Crippen LogP contribution >= 0.6 is 0 Å². The van der Waals surface area contributed by atoms with Crippen LogP contribution in [0.25, 0.3) is 0 Å². The van der Waals surface area contributed by atoms with Crippen LogP contribution in [0.3, 0.4) is 0 Å². The zero-order valence-electron chi connectivity index (χ0n) is 12.5. The minimum absolute atomic E-state index is 0.153. The van der Waals surface area contributed by atoms with Gasteiger partial charge in [-0.05, 0) is 37.5 Å². The van der Waals surface area contributed by atoms with E-state index in [1.165, 1.54) is 0 Å². The van der Waals surface area contributed by atoms with Crippen LogP contribution in [0.2, 0.25) is 0 Å². The maximum atomic E-state index is 12.3. The van der Waals surface area contributed by atoms with Gasteiger partial charge in [-0.15, -0.1) is 0 Å². The molecule has 1 amide bonds. The van der Waals surface area contributed by atoms with E-state index in [1.807, 2.05) is 24.4 Å². The van der Waals surface area contributed by atoms with Crippen LogP contribution in [0.5, 0.6) is 0 Å². The quantitative estimate of drug-likeness (QED) is 0.877. The number of aliphatic carboxylic acids is 1. The van der Waals surface area contributed by atoms with Crippen molar-refractivity contribution in [2.24, 2.45) is 0 Å². The average Bonchev–Trinajstić information content (AvgIpc) is 2.31. The number of carbonyl (C=O) groups is 2. The number of nitrogens with one attached hydrogen (secondary N) is 1. The third kappa shape index (κ3) is 5.38. The van der Waals surface area contributed by atoms with E-state index in [9.17, 15) is 22.8 Å². The second kappa shape index (κ2) is 6.81. The maximum Gasteiger partial charge on any atom is 0.391 e. The molecule has 0 aliphatic carbocycles. The van der Waals surface area contributed by atoms with Gasteiger partial charge in [-0.1, -0.05) is 17.7 Å². The fourth-order valence-corrected chi connectivity index (χ4v) is 2.33. The van der Waals surface area contributed by atoms with Crippen molar-refractivity contribution in [3.63, 3.8) is 0 Å². The first-order valence-electron chi connectivity index (χ1n) is 6.65. The molecule has 0 saturated heterocycles. The summed E-state index contributed by atoms with van der Waals surface area (Å²) >= 11 is 0. The zero-order chi connectivity index (χ0) is 17.1. The Labute approximate surface area is 126 Å². The van der Waals surface area contributed by atoms with Crippen molar-refractivity contribution in [2.75, 3.05) is 0 Å². The number of rotatable bonds is 5. The summed E-state index contributed by atoms with van der Waals surface area (Å²) in [5.41, 5.74) is 3.39. The predicted octanol–water partition coefficient (Wildman–Crippen LogP) is 2.68. The topological polar surface area (TPSA) is 66.4 Å². The van der Waals surface area contributed by atoms with Crippen LogP contribution in [0, 0.1) is 20.8 Å². The highest BCUT2D eigenvalue weighted by atomic mass is 19.4. The number of carboxylic acid groups (broad SMARTS) is 1. The Hall–Kier alpha value is -2.05. The van der Waals surface area contributed by atoms with E-state index in [4.69, 9.17) is 5.11 Å². The van der Waals surface area contributed by atoms with E-state index in [1.54, 1.807) is 13.8 Å². The van der Waals surface area contributed by atoms with Gasteiger partial charge in [0.05, 0.1) is 12.8 Å². The molecule has 0 aromatic heterocycles. The lowest BCUT2D eigenvalue weighted by Crippen LogP contribution is -2.44. The van der Waals surface area contributed by atoms with Crippen molar-refractivity contribution in [1.82, 2.24) is 5.32 Å². The van der Waals surface area contributed by atoms with Crippen molar-refractivity contribution in [1.29, 1.82) is 0 Å². The Morgan fingerprint density at radius 3 is 2.09 bits per heavy atom. The van der Waals surface area contributed by atoms with Crippen molar-refractivity contribution >= 4 is 11.9 Å². The van der Waals surface area contributed by atoms with E-state index in [-0.39, 0.29) is 6.42 Å². The summed E-state index contributed by atoms with van der Waals surface area (Å²) in [6.45, 7) is 5.49. The second-order valence-corrected chi connectivity index (χ2v) is 5.33. The first-order chi connectivity index (χ1) is 9.99. The van der Waals surface area contributed by atoms with E-state index >= 15 is 0 Å². The van der Waals surface area contributed by atoms with Crippen LogP contribution in [0.4, 0.5) is 13.2 Å². The molecule has 0 fully saturated rings. The summed E-state index contributed by atoms with van der Waals surface area (Å²) in [4.78, 5) is 22.7. The molecule has 0 radical (unpaired) electrons. The normalized spacial score (nSPS) is 12.8. The molecule has 0 aliphatic heterocycles. The van der Waals surface area contributed by atoms with Crippen molar-refractivity contribution in [3.8, 4) is 0 Å². The third-order valence-electron chi connectivity index (χ3n) is 3.25. The molecule has 1 atom stereocenters. The summed E-state index contributed by atoms with van der Waals surface area (Å²) < 4.78 is 36.9. The van der Waals surface area contributed by atoms with E-state index < -0.39 is 30.5 Å². The Balaban J connectivity index is 2.83. The first-order valence-corrected chi connectivity index (χ1v) is 6.65. The largest absolute Gasteiger partial charge is 0.480 e. The number of aryl methyl sites for hydroxylation is 3. The Bertz CT molecular complexity index is 559. The molecule has 1 aromatic carbocycles. The van der Waals surface area contributed by atoms with Gasteiger partial charge in [0.25, 0.3) is 0 Å². The molecule has 0 bridgehead atoms. The number of benzene rings is 1. The van der Waals surface area contributed by atoms with Crippen molar-refractivity contribution < 1.29 is 27.9 Å². The fraction of sp³-hybridized carbons (Fsp3) is 0.467. The van der Waals surface area contributed by atoms with Gasteiger partial charge in [-0.25, -0.2) is 4.79 Å². The summed E-state index contributed by atoms with van der Waals surface area (Å²) in [5, 5.41) is 10.7. The monoisotopic (exact) mass is 317 g/mol. The molecule has 1 unspecified atom stereocenters. The smallest absolute Gasteiger partial charge is 0.391 e. The lowest BCUT2D eigenvalue weighted by molar-refractivity contribution is -0.159. The number of carbonyl (C=O) groups excluding carboxylic acids is 1. The van der Waals surface area contributed by atoms with E-state index in [0.29, 0.717) is 5.56 Å². The van der Waals surface area contributed by atoms with Crippen molar-refractivity contribution in [3.05, 3.63) is 34.4 Å². The Morgan fingerprint density at radius 2 is 1.68 bits per heavy atom. The molecule has 0 aliphatic rings. The van der Waals surface area contributed by atoms with Gasteiger partial charge >= 0.3 is 12.1 Å². The highest BCUT2D eigenvalue weighted by Gasteiger charge is 2.36. The maximum absolute atomic E-state index is 12.3. The van der Waals surface area contributed by atoms with Crippen LogP contribution in [0.1, 0.15) is 28.7 Å². The molecular weight excluding hydrogens is 299 g/mol. The summed E-state index contributed by atoms with van der Waals surface area (Å²) in [6, 6.07) is 1.75. The van der Waals surface area contributed by atoms with E-state index in [2.05, 4.69) is 0 Å². The van der Waals surface area contributed by atoms with Gasteiger partial charge in [0.15, 0.2) is 0 Å². The summed E-state index contributed by atoms with van der Waals surface area (Å²) in [6.07, 6.45) is -6.41. The highest BCUT2D eigenvalue weighted by Crippen LogP contribution is 2.22. The van der Waals surface area contributed by atoms with Crippen molar-refractivity contribution in [2.45, 2.75) is 45.8 Å². The summed E-state index contributed by atoms with van der Waals surface area (Å²) in [7, 11) is 0. The third-order valence-corrected chi connectivity index (χ3v) is 3.25. The van der Waals surface area contributed by atoms with Gasteiger partial charge in [0, 0.05) is 0 Å². The van der Waals surface area contributed by atoms with Gasteiger partial charge < -0.3 is 10.4 Å². The van der Waals surface area contributed by atoms with Crippen LogP contribution < -0.4 is 5.32 Å². The number of amides is 1. The Morgan fingerprint density at radius 1 is 1.18 bits per heavy atom. The number of hydrogen-bond donors (Lipinski definition) is 2. The fourth-order valence-electron chi connectivity index (χ4n) is 2.33. The number of carboxylic acids is 1. The number of halogens is 3. The molecule has 0 heterocycles. The molecule has 1 aromatic rings. The van der Waals surface area contributed by atoms with Crippen LogP contribution in [-0.2, 0) is 16.0 Å². The molecule has 2 N–H and O–H groups in total. The molecule has 4 nitrogen and oxygen atoms in total.